The number of para-hydroxylation sites is 1. The molecule has 0 unspecified atom stereocenters. The molecule has 4 rings (SSSR count). The molecule has 1 aromatic carbocycles. The van der Waals surface area contributed by atoms with Crippen molar-refractivity contribution in [3.8, 4) is 11.5 Å². The number of hydrogen-bond donors (Lipinski definition) is 0. The third-order valence-electron chi connectivity index (χ3n) is 4.73. The van der Waals surface area contributed by atoms with Gasteiger partial charge in [-0.25, -0.2) is 14.2 Å². The number of carbonyl (C=O) groups excluding carboxylic acids is 1. The van der Waals surface area contributed by atoms with Gasteiger partial charge in [-0.2, -0.15) is 10.2 Å². The fourth-order valence-corrected chi connectivity index (χ4v) is 3.32. The van der Waals surface area contributed by atoms with E-state index in [1.807, 2.05) is 59.4 Å². The molecule has 1 atom stereocenters. The van der Waals surface area contributed by atoms with E-state index in [2.05, 4.69) is 10.2 Å². The molecule has 148 valence electrons. The quantitative estimate of drug-likeness (QED) is 0.489. The molecule has 8 nitrogen and oxygen atoms in total. The van der Waals surface area contributed by atoms with Crippen molar-refractivity contribution in [1.29, 1.82) is 0 Å². The number of benzene rings is 1. The number of ether oxygens (including phenoxy) is 1. The summed E-state index contributed by atoms with van der Waals surface area (Å²) >= 11 is 0. The minimum Gasteiger partial charge on any atom is -0.464 e. The molecule has 0 N–H and O–H groups in total. The van der Waals surface area contributed by atoms with Crippen LogP contribution in [-0.2, 0) is 9.53 Å². The van der Waals surface area contributed by atoms with Crippen LogP contribution in [0.5, 0.6) is 0 Å². The molecule has 3 aromatic heterocycles. The van der Waals surface area contributed by atoms with Gasteiger partial charge in [-0.3, -0.25) is 4.79 Å². The maximum absolute atomic E-state index is 13.4. The number of aryl methyl sites for hydroxylation is 1. The van der Waals surface area contributed by atoms with Gasteiger partial charge in [-0.05, 0) is 45.0 Å². The zero-order chi connectivity index (χ0) is 20.5. The highest BCUT2D eigenvalue weighted by Crippen LogP contribution is 2.25. The Morgan fingerprint density at radius 3 is 2.45 bits per heavy atom. The normalized spacial score (nSPS) is 12.2. The molecular weight excluding hydrogens is 370 g/mol. The Bertz CT molecular complexity index is 1220. The van der Waals surface area contributed by atoms with Crippen molar-refractivity contribution >= 4 is 16.9 Å². The van der Waals surface area contributed by atoms with E-state index >= 15 is 0 Å². The first-order chi connectivity index (χ1) is 14.0. The molecular formula is C21H21N5O3. The topological polar surface area (TPSA) is 83.9 Å². The molecule has 8 heteroatoms. The van der Waals surface area contributed by atoms with Crippen LogP contribution >= 0.6 is 0 Å². The predicted octanol–water partition coefficient (Wildman–Crippen LogP) is 2.81. The fraction of sp³-hybridized carbons (Fsp3) is 0.238. The molecule has 0 bridgehead atoms. The van der Waals surface area contributed by atoms with Gasteiger partial charge in [-0.1, -0.05) is 18.2 Å². The lowest BCUT2D eigenvalue weighted by molar-refractivity contribution is -0.147. The van der Waals surface area contributed by atoms with Crippen molar-refractivity contribution in [2.45, 2.75) is 26.8 Å². The van der Waals surface area contributed by atoms with E-state index in [9.17, 15) is 9.59 Å². The SMILES string of the molecule is CCOC(=O)[C@H](C)n1nc(C)c2nn(-c3ccccc3)c(-n3cccc3)c2c1=O. The average molecular weight is 391 g/mol. The van der Waals surface area contributed by atoms with Crippen LogP contribution in [0, 0.1) is 6.92 Å². The largest absolute Gasteiger partial charge is 0.464 e. The van der Waals surface area contributed by atoms with Crippen molar-refractivity contribution in [2.75, 3.05) is 6.61 Å². The van der Waals surface area contributed by atoms with Crippen LogP contribution in [0.1, 0.15) is 25.6 Å². The van der Waals surface area contributed by atoms with E-state index in [-0.39, 0.29) is 6.61 Å². The van der Waals surface area contributed by atoms with Crippen molar-refractivity contribution in [3.63, 3.8) is 0 Å². The highest BCUT2D eigenvalue weighted by atomic mass is 16.5. The Morgan fingerprint density at radius 1 is 1.10 bits per heavy atom. The summed E-state index contributed by atoms with van der Waals surface area (Å²) in [6, 6.07) is 12.5. The molecule has 0 saturated carbocycles. The molecule has 0 saturated heterocycles. The first-order valence-electron chi connectivity index (χ1n) is 9.40. The average Bonchev–Trinajstić information content (AvgIpc) is 3.38. The molecule has 0 fully saturated rings. The second kappa shape index (κ2) is 7.38. The highest BCUT2D eigenvalue weighted by Gasteiger charge is 2.25. The zero-order valence-corrected chi connectivity index (χ0v) is 16.4. The van der Waals surface area contributed by atoms with Crippen LogP contribution in [0.25, 0.3) is 22.4 Å². The molecule has 0 amide bonds. The lowest BCUT2D eigenvalue weighted by atomic mass is 10.2. The molecule has 29 heavy (non-hydrogen) atoms. The lowest BCUT2D eigenvalue weighted by Gasteiger charge is -2.13. The van der Waals surface area contributed by atoms with Gasteiger partial charge in [0.15, 0.2) is 11.9 Å². The molecule has 4 aromatic rings. The smallest absolute Gasteiger partial charge is 0.330 e. The van der Waals surface area contributed by atoms with E-state index in [0.29, 0.717) is 22.4 Å². The van der Waals surface area contributed by atoms with E-state index in [1.165, 1.54) is 4.68 Å². The first kappa shape index (κ1) is 18.7. The van der Waals surface area contributed by atoms with Crippen LogP contribution in [0.2, 0.25) is 0 Å². The number of rotatable bonds is 5. The summed E-state index contributed by atoms with van der Waals surface area (Å²) in [6.45, 7) is 5.34. The molecule has 0 aliphatic rings. The number of hydrogen-bond acceptors (Lipinski definition) is 5. The van der Waals surface area contributed by atoms with E-state index in [4.69, 9.17) is 4.74 Å². The monoisotopic (exact) mass is 391 g/mol. The summed E-state index contributed by atoms with van der Waals surface area (Å²) in [5.41, 5.74) is 1.47. The van der Waals surface area contributed by atoms with Crippen molar-refractivity contribution in [1.82, 2.24) is 24.1 Å². The zero-order valence-electron chi connectivity index (χ0n) is 16.4. The number of carbonyl (C=O) groups is 1. The van der Waals surface area contributed by atoms with Gasteiger partial charge >= 0.3 is 5.97 Å². The van der Waals surface area contributed by atoms with Crippen LogP contribution < -0.4 is 5.56 Å². The Labute approximate surface area is 166 Å². The summed E-state index contributed by atoms with van der Waals surface area (Å²) < 4.78 is 9.82. The van der Waals surface area contributed by atoms with Gasteiger partial charge in [0.2, 0.25) is 0 Å². The second-order valence-electron chi connectivity index (χ2n) is 6.65. The van der Waals surface area contributed by atoms with Gasteiger partial charge in [0.05, 0.1) is 18.0 Å². The Morgan fingerprint density at radius 2 is 1.79 bits per heavy atom. The van der Waals surface area contributed by atoms with Crippen LogP contribution in [0.4, 0.5) is 0 Å². The molecule has 0 spiro atoms. The van der Waals surface area contributed by atoms with Crippen molar-refractivity contribution in [2.24, 2.45) is 0 Å². The maximum atomic E-state index is 13.4. The third-order valence-corrected chi connectivity index (χ3v) is 4.73. The van der Waals surface area contributed by atoms with Gasteiger partial charge in [-0.15, -0.1) is 0 Å². The van der Waals surface area contributed by atoms with Crippen LogP contribution in [0.3, 0.4) is 0 Å². The predicted molar refractivity (Wildman–Crippen MR) is 109 cm³/mol. The van der Waals surface area contributed by atoms with Gasteiger partial charge in [0.1, 0.15) is 10.9 Å². The standard InChI is InChI=1S/C21H21N5O3/c1-4-29-21(28)15(3)25-20(27)17-18(14(2)22-25)23-26(16-10-6-5-7-11-16)19(17)24-12-8-9-13-24/h5-13,15H,4H2,1-3H3/t15-/m0/s1. The summed E-state index contributed by atoms with van der Waals surface area (Å²) in [6.07, 6.45) is 3.70. The Balaban J connectivity index is 2.05. The fourth-order valence-electron chi connectivity index (χ4n) is 3.32. The second-order valence-corrected chi connectivity index (χ2v) is 6.65. The summed E-state index contributed by atoms with van der Waals surface area (Å²) in [7, 11) is 0. The van der Waals surface area contributed by atoms with Crippen molar-refractivity contribution in [3.05, 3.63) is 70.9 Å². The maximum Gasteiger partial charge on any atom is 0.330 e. The highest BCUT2D eigenvalue weighted by molar-refractivity contribution is 5.88. The first-order valence-corrected chi connectivity index (χ1v) is 9.40. The van der Waals surface area contributed by atoms with Gasteiger partial charge < -0.3 is 9.30 Å². The van der Waals surface area contributed by atoms with Crippen molar-refractivity contribution < 1.29 is 9.53 Å². The Hall–Kier alpha value is -3.68. The van der Waals surface area contributed by atoms with Gasteiger partial charge in [0, 0.05) is 12.4 Å². The summed E-state index contributed by atoms with van der Waals surface area (Å²) in [5, 5.41) is 9.43. The summed E-state index contributed by atoms with van der Waals surface area (Å²) in [4.78, 5) is 25.7. The number of nitrogens with zero attached hydrogens (tertiary/aromatic N) is 5. The van der Waals surface area contributed by atoms with E-state index in [0.717, 1.165) is 5.69 Å². The van der Waals surface area contributed by atoms with E-state index < -0.39 is 17.6 Å². The van der Waals surface area contributed by atoms with E-state index in [1.54, 1.807) is 25.5 Å². The molecule has 3 heterocycles. The number of esters is 1. The summed E-state index contributed by atoms with van der Waals surface area (Å²) in [5.74, 6) is 0.0929. The Kier molecular flexibility index (Phi) is 4.75. The number of aromatic nitrogens is 5. The molecule has 0 radical (unpaired) electrons. The van der Waals surface area contributed by atoms with Crippen LogP contribution in [0.15, 0.2) is 59.7 Å². The molecule has 0 aliphatic carbocycles. The minimum atomic E-state index is -0.844. The van der Waals surface area contributed by atoms with Gasteiger partial charge in [0.25, 0.3) is 5.56 Å². The minimum absolute atomic E-state index is 0.236. The number of fused-ring (bicyclic) bond motifs is 1. The van der Waals surface area contributed by atoms with Crippen LogP contribution in [-0.4, -0.2) is 36.7 Å². The third kappa shape index (κ3) is 3.12. The lowest BCUT2D eigenvalue weighted by Crippen LogP contribution is -2.32. The molecule has 0 aliphatic heterocycles.